The van der Waals surface area contributed by atoms with Gasteiger partial charge in [0, 0.05) is 0 Å². The number of carbonyl (C=O) groups is 2. The second kappa shape index (κ2) is 6.58. The van der Waals surface area contributed by atoms with Crippen LogP contribution >= 0.6 is 0 Å². The lowest BCUT2D eigenvalue weighted by Crippen LogP contribution is -2.48. The van der Waals surface area contributed by atoms with Crippen molar-refractivity contribution in [3.05, 3.63) is 23.8 Å². The monoisotopic (exact) mass is 292 g/mol. The molecule has 6 heteroatoms. The van der Waals surface area contributed by atoms with E-state index in [1.54, 1.807) is 0 Å². The van der Waals surface area contributed by atoms with Crippen LogP contribution in [0.15, 0.2) is 18.2 Å². The van der Waals surface area contributed by atoms with Gasteiger partial charge < -0.3 is 20.5 Å². The summed E-state index contributed by atoms with van der Waals surface area (Å²) in [4.78, 5) is 23.4. The molecule has 1 saturated heterocycles. The van der Waals surface area contributed by atoms with Gasteiger partial charge in [-0.05, 0) is 43.5 Å². The van der Waals surface area contributed by atoms with Gasteiger partial charge in [0.15, 0.2) is 0 Å². The zero-order chi connectivity index (χ0) is 15.4. The summed E-state index contributed by atoms with van der Waals surface area (Å²) in [5.41, 5.74) is 0.484. The lowest BCUT2D eigenvalue weighted by Gasteiger charge is -2.29. The molecule has 0 aromatic heterocycles. The Kier molecular flexibility index (Phi) is 4.80. The van der Waals surface area contributed by atoms with Gasteiger partial charge in [-0.15, -0.1) is 0 Å². The molecular weight excluding hydrogens is 272 g/mol. The van der Waals surface area contributed by atoms with E-state index >= 15 is 0 Å². The van der Waals surface area contributed by atoms with Crippen molar-refractivity contribution in [3.8, 4) is 5.75 Å². The van der Waals surface area contributed by atoms with Crippen molar-refractivity contribution >= 4 is 17.6 Å². The Morgan fingerprint density at radius 1 is 1.43 bits per heavy atom. The average molecular weight is 292 g/mol. The number of piperidine rings is 1. The number of hydrogen-bond acceptors (Lipinski definition) is 4. The molecule has 2 atom stereocenters. The molecule has 0 saturated carbocycles. The minimum atomic E-state index is -1.04. The second-order valence-electron chi connectivity index (χ2n) is 5.26. The normalized spacial score (nSPS) is 21.6. The summed E-state index contributed by atoms with van der Waals surface area (Å²) in [6, 6.07) is 4.12. The van der Waals surface area contributed by atoms with Crippen molar-refractivity contribution in [2.45, 2.75) is 25.8 Å². The smallest absolute Gasteiger partial charge is 0.335 e. The van der Waals surface area contributed by atoms with E-state index in [1.165, 1.54) is 25.3 Å². The zero-order valence-electron chi connectivity index (χ0n) is 12.2. The van der Waals surface area contributed by atoms with Crippen molar-refractivity contribution in [2.24, 2.45) is 5.92 Å². The van der Waals surface area contributed by atoms with E-state index in [4.69, 9.17) is 9.84 Å². The maximum Gasteiger partial charge on any atom is 0.335 e. The Bertz CT molecular complexity index is 544. The third kappa shape index (κ3) is 3.52. The molecule has 1 amide bonds. The molecule has 1 fully saturated rings. The Balaban J connectivity index is 2.19. The summed E-state index contributed by atoms with van der Waals surface area (Å²) in [5, 5.41) is 15.0. The Labute approximate surface area is 123 Å². The summed E-state index contributed by atoms with van der Waals surface area (Å²) in [5.74, 6) is -0.524. The van der Waals surface area contributed by atoms with E-state index in [1.807, 2.05) is 6.92 Å². The number of hydrogen-bond donors (Lipinski definition) is 3. The van der Waals surface area contributed by atoms with Gasteiger partial charge in [-0.3, -0.25) is 4.79 Å². The molecule has 114 valence electrons. The molecule has 0 spiro atoms. The van der Waals surface area contributed by atoms with Crippen molar-refractivity contribution in [1.82, 2.24) is 5.32 Å². The maximum absolute atomic E-state index is 12.4. The van der Waals surface area contributed by atoms with Crippen LogP contribution in [0.5, 0.6) is 5.75 Å². The number of aromatic carboxylic acids is 1. The highest BCUT2D eigenvalue weighted by atomic mass is 16.5. The highest BCUT2D eigenvalue weighted by Gasteiger charge is 2.28. The fourth-order valence-electron chi connectivity index (χ4n) is 2.55. The highest BCUT2D eigenvalue weighted by molar-refractivity contribution is 5.98. The molecule has 1 heterocycles. The molecule has 1 aliphatic rings. The predicted molar refractivity (Wildman–Crippen MR) is 78.8 cm³/mol. The topological polar surface area (TPSA) is 87.7 Å². The number of methoxy groups -OCH3 is 1. The molecule has 2 rings (SSSR count). The Morgan fingerprint density at radius 3 is 2.81 bits per heavy atom. The third-order valence-corrected chi connectivity index (χ3v) is 3.76. The molecule has 1 aromatic rings. The van der Waals surface area contributed by atoms with E-state index in [9.17, 15) is 9.59 Å². The summed E-state index contributed by atoms with van der Waals surface area (Å²) in [6.07, 6.45) is 2.06. The molecule has 2 unspecified atom stereocenters. The van der Waals surface area contributed by atoms with Gasteiger partial charge >= 0.3 is 5.97 Å². The summed E-state index contributed by atoms with van der Waals surface area (Å²) >= 11 is 0. The van der Waals surface area contributed by atoms with Crippen LogP contribution in [0.1, 0.15) is 30.1 Å². The number of ether oxygens (including phenoxy) is 1. The van der Waals surface area contributed by atoms with E-state index in [0.717, 1.165) is 19.4 Å². The number of benzene rings is 1. The lowest BCUT2D eigenvalue weighted by molar-refractivity contribution is -0.119. The van der Waals surface area contributed by atoms with Crippen molar-refractivity contribution in [1.29, 1.82) is 0 Å². The fraction of sp³-hybridized carbons (Fsp3) is 0.467. The van der Waals surface area contributed by atoms with Crippen LogP contribution in [0, 0.1) is 5.92 Å². The van der Waals surface area contributed by atoms with Gasteiger partial charge in [-0.2, -0.15) is 0 Å². The number of carboxylic acids is 1. The first kappa shape index (κ1) is 15.3. The largest absolute Gasteiger partial charge is 0.495 e. The second-order valence-corrected chi connectivity index (χ2v) is 5.26. The van der Waals surface area contributed by atoms with Crippen LogP contribution < -0.4 is 15.4 Å². The summed E-state index contributed by atoms with van der Waals surface area (Å²) < 4.78 is 5.17. The standard InChI is InChI=1S/C15H20N2O4/c1-9-4-3-7-16-13(9)14(18)17-11-8-10(15(19)20)5-6-12(11)21-2/h5-6,8-9,13,16H,3-4,7H2,1-2H3,(H,17,18)(H,19,20). The van der Waals surface area contributed by atoms with Gasteiger partial charge in [0.2, 0.25) is 5.91 Å². The Hall–Kier alpha value is -2.08. The number of anilines is 1. The van der Waals surface area contributed by atoms with Gasteiger partial charge in [0.05, 0.1) is 24.4 Å². The number of rotatable bonds is 4. The van der Waals surface area contributed by atoms with Crippen molar-refractivity contribution in [3.63, 3.8) is 0 Å². The first-order valence-electron chi connectivity index (χ1n) is 6.98. The minimum absolute atomic E-state index is 0.107. The van der Waals surface area contributed by atoms with E-state index in [0.29, 0.717) is 11.4 Å². The van der Waals surface area contributed by atoms with E-state index < -0.39 is 5.97 Å². The fourth-order valence-corrected chi connectivity index (χ4v) is 2.55. The number of amides is 1. The van der Waals surface area contributed by atoms with E-state index in [2.05, 4.69) is 10.6 Å². The molecule has 0 aliphatic carbocycles. The lowest BCUT2D eigenvalue weighted by atomic mass is 9.92. The van der Waals surface area contributed by atoms with Crippen molar-refractivity contribution in [2.75, 3.05) is 19.0 Å². The van der Waals surface area contributed by atoms with Gasteiger partial charge in [0.25, 0.3) is 0 Å². The van der Waals surface area contributed by atoms with Crippen molar-refractivity contribution < 1.29 is 19.4 Å². The van der Waals surface area contributed by atoms with Crippen LogP contribution in [0.25, 0.3) is 0 Å². The molecule has 1 aromatic carbocycles. The zero-order valence-corrected chi connectivity index (χ0v) is 12.2. The maximum atomic E-state index is 12.4. The SMILES string of the molecule is COc1ccc(C(=O)O)cc1NC(=O)C1NCCCC1C. The van der Waals surface area contributed by atoms with Gasteiger partial charge in [-0.1, -0.05) is 6.92 Å². The third-order valence-electron chi connectivity index (χ3n) is 3.76. The van der Waals surface area contributed by atoms with Crippen LogP contribution in [0.4, 0.5) is 5.69 Å². The minimum Gasteiger partial charge on any atom is -0.495 e. The quantitative estimate of drug-likeness (QED) is 0.786. The molecular formula is C15H20N2O4. The first-order valence-corrected chi connectivity index (χ1v) is 6.98. The molecule has 1 aliphatic heterocycles. The summed E-state index contributed by atoms with van der Waals surface area (Å²) in [6.45, 7) is 2.84. The number of carbonyl (C=O) groups excluding carboxylic acids is 1. The van der Waals surface area contributed by atoms with Crippen LogP contribution in [-0.2, 0) is 4.79 Å². The number of nitrogens with one attached hydrogen (secondary N) is 2. The van der Waals surface area contributed by atoms with Crippen LogP contribution in [-0.4, -0.2) is 36.7 Å². The number of carboxylic acid groups (broad SMARTS) is 1. The van der Waals surface area contributed by atoms with Crippen LogP contribution in [0.3, 0.4) is 0 Å². The molecule has 0 bridgehead atoms. The molecule has 21 heavy (non-hydrogen) atoms. The molecule has 6 nitrogen and oxygen atoms in total. The summed E-state index contributed by atoms with van der Waals surface area (Å²) in [7, 11) is 1.48. The van der Waals surface area contributed by atoms with Gasteiger partial charge in [-0.25, -0.2) is 4.79 Å². The van der Waals surface area contributed by atoms with E-state index in [-0.39, 0.29) is 23.4 Å². The Morgan fingerprint density at radius 2 is 2.19 bits per heavy atom. The molecule has 0 radical (unpaired) electrons. The highest BCUT2D eigenvalue weighted by Crippen LogP contribution is 2.26. The molecule has 3 N–H and O–H groups in total. The average Bonchev–Trinajstić information content (AvgIpc) is 2.47. The predicted octanol–water partition coefficient (Wildman–Crippen LogP) is 1.72. The van der Waals surface area contributed by atoms with Crippen LogP contribution in [0.2, 0.25) is 0 Å². The first-order chi connectivity index (χ1) is 10.0. The van der Waals surface area contributed by atoms with Gasteiger partial charge in [0.1, 0.15) is 5.75 Å².